The van der Waals surface area contributed by atoms with Gasteiger partial charge in [0.15, 0.2) is 0 Å². The van der Waals surface area contributed by atoms with Crippen LogP contribution in [-0.2, 0) is 6.54 Å². The Morgan fingerprint density at radius 3 is 2.61 bits per heavy atom. The van der Waals surface area contributed by atoms with E-state index in [9.17, 15) is 13.6 Å². The van der Waals surface area contributed by atoms with Crippen LogP contribution in [-0.4, -0.2) is 22.0 Å². The first kappa shape index (κ1) is 12.2. The van der Waals surface area contributed by atoms with Crippen molar-refractivity contribution in [2.45, 2.75) is 6.54 Å². The monoisotopic (exact) mass is 251 g/mol. The summed E-state index contributed by atoms with van der Waals surface area (Å²) in [5, 5.41) is 2.57. The normalized spacial score (nSPS) is 10.3. The highest BCUT2D eigenvalue weighted by Crippen LogP contribution is 2.07. The van der Waals surface area contributed by atoms with E-state index in [0.29, 0.717) is 13.1 Å². The molecule has 1 aromatic carbocycles. The average molecular weight is 251 g/mol. The molecule has 6 heteroatoms. The van der Waals surface area contributed by atoms with Crippen LogP contribution in [0.1, 0.15) is 10.4 Å². The van der Waals surface area contributed by atoms with E-state index in [4.69, 9.17) is 0 Å². The zero-order valence-electron chi connectivity index (χ0n) is 9.44. The van der Waals surface area contributed by atoms with Crippen LogP contribution >= 0.6 is 0 Å². The Morgan fingerprint density at radius 2 is 2.00 bits per heavy atom. The van der Waals surface area contributed by atoms with Gasteiger partial charge in [-0.05, 0) is 12.1 Å². The van der Waals surface area contributed by atoms with E-state index in [-0.39, 0.29) is 5.56 Å². The van der Waals surface area contributed by atoms with Crippen molar-refractivity contribution >= 4 is 5.91 Å². The quantitative estimate of drug-likeness (QED) is 0.897. The number of hydrogen-bond donors (Lipinski definition) is 1. The first-order valence-corrected chi connectivity index (χ1v) is 5.35. The van der Waals surface area contributed by atoms with E-state index in [0.717, 1.165) is 18.2 Å². The number of nitrogens with zero attached hydrogens (tertiary/aromatic N) is 2. The highest BCUT2D eigenvalue weighted by molar-refractivity contribution is 5.94. The van der Waals surface area contributed by atoms with Gasteiger partial charge in [0.05, 0.1) is 6.33 Å². The molecule has 94 valence electrons. The van der Waals surface area contributed by atoms with Crippen molar-refractivity contribution in [1.29, 1.82) is 0 Å². The van der Waals surface area contributed by atoms with E-state index in [2.05, 4.69) is 10.3 Å². The van der Waals surface area contributed by atoms with E-state index in [1.807, 2.05) is 0 Å². The molecule has 0 spiro atoms. The van der Waals surface area contributed by atoms with Gasteiger partial charge in [-0.3, -0.25) is 4.79 Å². The molecule has 0 unspecified atom stereocenters. The Labute approximate surface area is 102 Å². The number of imidazole rings is 1. The van der Waals surface area contributed by atoms with Gasteiger partial charge in [0.25, 0.3) is 5.91 Å². The lowest BCUT2D eigenvalue weighted by atomic mass is 10.2. The molecule has 4 nitrogen and oxygen atoms in total. The topological polar surface area (TPSA) is 46.9 Å². The lowest BCUT2D eigenvalue weighted by Gasteiger charge is -2.06. The van der Waals surface area contributed by atoms with Crippen LogP contribution in [0.3, 0.4) is 0 Å². The van der Waals surface area contributed by atoms with Gasteiger partial charge in [0.1, 0.15) is 11.6 Å². The smallest absolute Gasteiger partial charge is 0.251 e. The summed E-state index contributed by atoms with van der Waals surface area (Å²) < 4.78 is 27.6. The van der Waals surface area contributed by atoms with Crippen molar-refractivity contribution in [3.05, 3.63) is 54.1 Å². The third kappa shape index (κ3) is 3.13. The van der Waals surface area contributed by atoms with Crippen molar-refractivity contribution in [2.75, 3.05) is 6.54 Å². The fourth-order valence-corrected chi connectivity index (χ4v) is 1.50. The van der Waals surface area contributed by atoms with Gasteiger partial charge in [-0.2, -0.15) is 0 Å². The van der Waals surface area contributed by atoms with Crippen LogP contribution in [0.2, 0.25) is 0 Å². The number of carbonyl (C=O) groups excluding carboxylic acids is 1. The molecule has 0 saturated carbocycles. The van der Waals surface area contributed by atoms with Crippen LogP contribution in [0.4, 0.5) is 8.78 Å². The van der Waals surface area contributed by atoms with Crippen molar-refractivity contribution < 1.29 is 13.6 Å². The molecule has 1 aromatic heterocycles. The summed E-state index contributed by atoms with van der Waals surface area (Å²) in [5.74, 6) is -2.04. The zero-order valence-corrected chi connectivity index (χ0v) is 9.44. The largest absolute Gasteiger partial charge is 0.350 e. The predicted octanol–water partition coefficient (Wildman–Crippen LogP) is 1.59. The molecule has 0 aliphatic carbocycles. The molecule has 1 N–H and O–H groups in total. The molecular weight excluding hydrogens is 240 g/mol. The van der Waals surface area contributed by atoms with Gasteiger partial charge >= 0.3 is 0 Å². The van der Waals surface area contributed by atoms with Crippen molar-refractivity contribution in [2.24, 2.45) is 0 Å². The van der Waals surface area contributed by atoms with Crippen molar-refractivity contribution in [1.82, 2.24) is 14.9 Å². The Morgan fingerprint density at radius 1 is 1.28 bits per heavy atom. The van der Waals surface area contributed by atoms with Gasteiger partial charge in [-0.15, -0.1) is 0 Å². The molecule has 1 amide bonds. The lowest BCUT2D eigenvalue weighted by molar-refractivity contribution is 0.0951. The van der Waals surface area contributed by atoms with Crippen LogP contribution in [0.15, 0.2) is 36.9 Å². The molecule has 0 fully saturated rings. The number of benzene rings is 1. The van der Waals surface area contributed by atoms with Gasteiger partial charge in [-0.1, -0.05) is 0 Å². The fourth-order valence-electron chi connectivity index (χ4n) is 1.50. The van der Waals surface area contributed by atoms with Crippen molar-refractivity contribution in [3.8, 4) is 0 Å². The number of halogens is 2. The molecule has 0 aliphatic rings. The van der Waals surface area contributed by atoms with E-state index in [1.165, 1.54) is 0 Å². The SMILES string of the molecule is O=C(NCCn1ccnc1)c1cc(F)cc(F)c1. The van der Waals surface area contributed by atoms with Crippen molar-refractivity contribution in [3.63, 3.8) is 0 Å². The maximum atomic E-state index is 12.9. The molecule has 1 heterocycles. The molecule has 0 radical (unpaired) electrons. The highest BCUT2D eigenvalue weighted by Gasteiger charge is 2.08. The maximum absolute atomic E-state index is 12.9. The summed E-state index contributed by atoms with van der Waals surface area (Å²) in [6.07, 6.45) is 5.01. The molecular formula is C12H11F2N3O. The predicted molar refractivity (Wildman–Crippen MR) is 60.9 cm³/mol. The van der Waals surface area contributed by atoms with Gasteiger partial charge in [0, 0.05) is 37.1 Å². The summed E-state index contributed by atoms with van der Waals surface area (Å²) in [7, 11) is 0. The number of nitrogens with one attached hydrogen (secondary N) is 1. The van der Waals surface area contributed by atoms with Crippen LogP contribution in [0.25, 0.3) is 0 Å². The second-order valence-corrected chi connectivity index (χ2v) is 3.71. The van der Waals surface area contributed by atoms with E-state index in [1.54, 1.807) is 23.3 Å². The lowest BCUT2D eigenvalue weighted by Crippen LogP contribution is -2.27. The zero-order chi connectivity index (χ0) is 13.0. The Balaban J connectivity index is 1.91. The highest BCUT2D eigenvalue weighted by atomic mass is 19.1. The third-order valence-electron chi connectivity index (χ3n) is 2.34. The van der Waals surface area contributed by atoms with Crippen LogP contribution < -0.4 is 5.32 Å². The molecule has 18 heavy (non-hydrogen) atoms. The third-order valence-corrected chi connectivity index (χ3v) is 2.34. The van der Waals surface area contributed by atoms with Gasteiger partial charge in [0.2, 0.25) is 0 Å². The summed E-state index contributed by atoms with van der Waals surface area (Å²) in [5.41, 5.74) is -0.0295. The number of rotatable bonds is 4. The molecule has 0 saturated heterocycles. The maximum Gasteiger partial charge on any atom is 0.251 e. The molecule has 0 atom stereocenters. The van der Waals surface area contributed by atoms with Crippen LogP contribution in [0, 0.1) is 11.6 Å². The molecule has 2 rings (SSSR count). The fraction of sp³-hybridized carbons (Fsp3) is 0.167. The van der Waals surface area contributed by atoms with Gasteiger partial charge < -0.3 is 9.88 Å². The number of carbonyl (C=O) groups is 1. The first-order valence-electron chi connectivity index (χ1n) is 5.35. The van der Waals surface area contributed by atoms with E-state index >= 15 is 0 Å². The number of hydrogen-bond acceptors (Lipinski definition) is 2. The number of amides is 1. The summed E-state index contributed by atoms with van der Waals surface area (Å²) >= 11 is 0. The molecule has 0 aliphatic heterocycles. The Kier molecular flexibility index (Phi) is 3.66. The molecule has 0 bridgehead atoms. The minimum absolute atomic E-state index is 0.0295. The van der Waals surface area contributed by atoms with E-state index < -0.39 is 17.5 Å². The minimum atomic E-state index is -0.769. The second kappa shape index (κ2) is 5.39. The summed E-state index contributed by atoms with van der Waals surface area (Å²) in [6.45, 7) is 0.900. The first-order chi connectivity index (χ1) is 8.65. The minimum Gasteiger partial charge on any atom is -0.350 e. The molecule has 2 aromatic rings. The average Bonchev–Trinajstić information content (AvgIpc) is 2.80. The van der Waals surface area contributed by atoms with Gasteiger partial charge in [-0.25, -0.2) is 13.8 Å². The Bertz CT molecular complexity index is 520. The summed E-state index contributed by atoms with van der Waals surface area (Å²) in [4.78, 5) is 15.5. The summed E-state index contributed by atoms with van der Waals surface area (Å²) in [6, 6.07) is 2.72. The standard InChI is InChI=1S/C12H11F2N3O/c13-10-5-9(6-11(14)7-10)12(18)16-2-4-17-3-1-15-8-17/h1,3,5-8H,2,4H2,(H,16,18). The second-order valence-electron chi connectivity index (χ2n) is 3.71. The van der Waals surface area contributed by atoms with Crippen LogP contribution in [0.5, 0.6) is 0 Å². The Hall–Kier alpha value is -2.24. The number of aromatic nitrogens is 2.